The van der Waals surface area contributed by atoms with Crippen LogP contribution in [-0.4, -0.2) is 19.9 Å². The van der Waals surface area contributed by atoms with Gasteiger partial charge in [0, 0.05) is 5.56 Å². The minimum atomic E-state index is -0.750. The van der Waals surface area contributed by atoms with E-state index < -0.39 is 6.10 Å². The van der Waals surface area contributed by atoms with Crippen LogP contribution in [0.25, 0.3) is 5.69 Å². The van der Waals surface area contributed by atoms with Crippen LogP contribution < -0.4 is 0 Å². The number of aromatic nitrogens is 3. The maximum atomic E-state index is 13.0. The van der Waals surface area contributed by atoms with Crippen LogP contribution in [0.4, 0.5) is 4.39 Å². The predicted molar refractivity (Wildman–Crippen MR) is 52.0 cm³/mol. The van der Waals surface area contributed by atoms with E-state index in [0.29, 0.717) is 11.3 Å². The lowest BCUT2D eigenvalue weighted by Crippen LogP contribution is -2.03. The number of rotatable bonds is 2. The Morgan fingerprint density at radius 2 is 2.27 bits per heavy atom. The Morgan fingerprint density at radius 1 is 1.47 bits per heavy atom. The Labute approximate surface area is 86.0 Å². The maximum absolute atomic E-state index is 13.0. The molecule has 1 aromatic carbocycles. The fourth-order valence-electron chi connectivity index (χ4n) is 1.40. The summed E-state index contributed by atoms with van der Waals surface area (Å²) in [4.78, 5) is 3.80. The Balaban J connectivity index is 2.56. The number of aliphatic hydroxyl groups is 1. The Hall–Kier alpha value is -1.75. The summed E-state index contributed by atoms with van der Waals surface area (Å²) >= 11 is 0. The molecule has 5 heteroatoms. The fourth-order valence-corrected chi connectivity index (χ4v) is 1.40. The summed E-state index contributed by atoms with van der Waals surface area (Å²) < 4.78 is 14.5. The highest BCUT2D eigenvalue weighted by atomic mass is 19.1. The number of benzene rings is 1. The molecule has 0 saturated carbocycles. The van der Waals surface area contributed by atoms with Crippen molar-refractivity contribution >= 4 is 0 Å². The van der Waals surface area contributed by atoms with Gasteiger partial charge in [0.05, 0.1) is 11.8 Å². The number of hydrogen-bond donors (Lipinski definition) is 1. The lowest BCUT2D eigenvalue weighted by molar-refractivity contribution is 0.198. The van der Waals surface area contributed by atoms with Crippen molar-refractivity contribution in [3.8, 4) is 5.69 Å². The van der Waals surface area contributed by atoms with Gasteiger partial charge in [-0.15, -0.1) is 0 Å². The van der Waals surface area contributed by atoms with E-state index in [4.69, 9.17) is 0 Å². The van der Waals surface area contributed by atoms with Crippen LogP contribution in [0, 0.1) is 5.82 Å². The second-order valence-electron chi connectivity index (χ2n) is 3.22. The van der Waals surface area contributed by atoms with Crippen LogP contribution >= 0.6 is 0 Å². The minimum absolute atomic E-state index is 0.380. The van der Waals surface area contributed by atoms with Crippen molar-refractivity contribution in [2.45, 2.75) is 13.0 Å². The van der Waals surface area contributed by atoms with E-state index in [1.165, 1.54) is 29.5 Å². The second kappa shape index (κ2) is 3.78. The lowest BCUT2D eigenvalue weighted by Gasteiger charge is -2.11. The van der Waals surface area contributed by atoms with Crippen LogP contribution in [0.3, 0.4) is 0 Å². The van der Waals surface area contributed by atoms with E-state index in [1.807, 2.05) is 0 Å². The Kier molecular flexibility index (Phi) is 2.47. The summed E-state index contributed by atoms with van der Waals surface area (Å²) in [7, 11) is 0. The number of nitrogens with zero attached hydrogens (tertiary/aromatic N) is 3. The molecule has 0 bridgehead atoms. The number of hydrogen-bond acceptors (Lipinski definition) is 3. The molecule has 78 valence electrons. The van der Waals surface area contributed by atoms with Crippen molar-refractivity contribution in [3.63, 3.8) is 0 Å². The molecule has 0 spiro atoms. The molecule has 0 aliphatic carbocycles. The summed E-state index contributed by atoms with van der Waals surface area (Å²) in [6.45, 7) is 1.58. The van der Waals surface area contributed by atoms with Crippen molar-refractivity contribution < 1.29 is 9.50 Å². The van der Waals surface area contributed by atoms with E-state index in [1.54, 1.807) is 13.0 Å². The molecule has 0 amide bonds. The van der Waals surface area contributed by atoms with Gasteiger partial charge >= 0.3 is 0 Å². The van der Waals surface area contributed by atoms with Crippen LogP contribution in [0.5, 0.6) is 0 Å². The average Bonchev–Trinajstić information content (AvgIpc) is 2.70. The second-order valence-corrected chi connectivity index (χ2v) is 3.22. The van der Waals surface area contributed by atoms with Gasteiger partial charge in [-0.2, -0.15) is 5.10 Å². The fraction of sp³-hybridized carbons (Fsp3) is 0.200. The predicted octanol–water partition coefficient (Wildman–Crippen LogP) is 1.46. The van der Waals surface area contributed by atoms with Crippen LogP contribution in [0.2, 0.25) is 0 Å². The highest BCUT2D eigenvalue weighted by molar-refractivity contribution is 5.41. The zero-order chi connectivity index (χ0) is 10.8. The van der Waals surface area contributed by atoms with Crippen molar-refractivity contribution in [2.24, 2.45) is 0 Å². The largest absolute Gasteiger partial charge is 0.389 e. The van der Waals surface area contributed by atoms with E-state index in [-0.39, 0.29) is 5.82 Å². The minimum Gasteiger partial charge on any atom is -0.389 e. The summed E-state index contributed by atoms with van der Waals surface area (Å²) in [6, 6.07) is 4.18. The molecular weight excluding hydrogens is 197 g/mol. The molecule has 1 atom stereocenters. The van der Waals surface area contributed by atoms with Gasteiger partial charge in [-0.05, 0) is 25.1 Å². The third kappa shape index (κ3) is 1.87. The topological polar surface area (TPSA) is 50.9 Å². The van der Waals surface area contributed by atoms with Crippen LogP contribution in [0.1, 0.15) is 18.6 Å². The van der Waals surface area contributed by atoms with Gasteiger partial charge in [0.25, 0.3) is 0 Å². The maximum Gasteiger partial charge on any atom is 0.138 e. The summed E-state index contributed by atoms with van der Waals surface area (Å²) in [5.74, 6) is -0.380. The summed E-state index contributed by atoms with van der Waals surface area (Å²) in [5, 5.41) is 13.4. The standard InChI is InChI=1S/C10H10FN3O/c1-7(15)9-4-8(11)2-3-10(9)14-6-12-5-13-14/h2-7,15H,1H3/t7-/m1/s1. The van der Waals surface area contributed by atoms with Gasteiger partial charge in [0.15, 0.2) is 0 Å². The van der Waals surface area contributed by atoms with Crippen molar-refractivity contribution in [1.82, 2.24) is 14.8 Å². The first-order valence-electron chi connectivity index (χ1n) is 4.51. The van der Waals surface area contributed by atoms with Crippen LogP contribution in [-0.2, 0) is 0 Å². The number of halogens is 1. The van der Waals surface area contributed by atoms with Crippen LogP contribution in [0.15, 0.2) is 30.9 Å². The molecule has 0 aliphatic rings. The van der Waals surface area contributed by atoms with Gasteiger partial charge in [-0.3, -0.25) is 0 Å². The molecule has 15 heavy (non-hydrogen) atoms. The third-order valence-electron chi connectivity index (χ3n) is 2.11. The zero-order valence-electron chi connectivity index (χ0n) is 8.13. The highest BCUT2D eigenvalue weighted by Gasteiger charge is 2.11. The first kappa shape index (κ1) is 9.79. The first-order valence-corrected chi connectivity index (χ1v) is 4.51. The molecule has 0 saturated heterocycles. The molecular formula is C10H10FN3O. The molecule has 0 radical (unpaired) electrons. The molecule has 0 fully saturated rings. The third-order valence-corrected chi connectivity index (χ3v) is 2.11. The van der Waals surface area contributed by atoms with Gasteiger partial charge in [0.1, 0.15) is 18.5 Å². The summed E-state index contributed by atoms with van der Waals surface area (Å²) in [6.07, 6.45) is 2.13. The van der Waals surface area contributed by atoms with E-state index in [2.05, 4.69) is 10.1 Å². The van der Waals surface area contributed by atoms with E-state index >= 15 is 0 Å². The average molecular weight is 207 g/mol. The number of aliphatic hydroxyl groups excluding tert-OH is 1. The lowest BCUT2D eigenvalue weighted by atomic mass is 10.1. The highest BCUT2D eigenvalue weighted by Crippen LogP contribution is 2.21. The van der Waals surface area contributed by atoms with E-state index in [0.717, 1.165) is 0 Å². The van der Waals surface area contributed by atoms with E-state index in [9.17, 15) is 9.50 Å². The van der Waals surface area contributed by atoms with Gasteiger partial charge in [-0.1, -0.05) is 0 Å². The zero-order valence-corrected chi connectivity index (χ0v) is 8.13. The first-order chi connectivity index (χ1) is 7.18. The SMILES string of the molecule is C[C@@H](O)c1cc(F)ccc1-n1cncn1. The molecule has 1 heterocycles. The normalized spacial score (nSPS) is 12.7. The molecule has 1 aromatic heterocycles. The van der Waals surface area contributed by atoms with Gasteiger partial charge in [-0.25, -0.2) is 14.1 Å². The van der Waals surface area contributed by atoms with Gasteiger partial charge < -0.3 is 5.11 Å². The molecule has 0 aliphatic heterocycles. The summed E-state index contributed by atoms with van der Waals surface area (Å²) in [5.41, 5.74) is 1.12. The quantitative estimate of drug-likeness (QED) is 0.811. The molecule has 4 nitrogen and oxygen atoms in total. The molecule has 0 unspecified atom stereocenters. The molecule has 2 aromatic rings. The molecule has 2 rings (SSSR count). The Morgan fingerprint density at radius 3 is 2.87 bits per heavy atom. The van der Waals surface area contributed by atoms with Gasteiger partial charge in [0.2, 0.25) is 0 Å². The van der Waals surface area contributed by atoms with Crippen molar-refractivity contribution in [1.29, 1.82) is 0 Å². The Bertz CT molecular complexity index is 454. The molecule has 1 N–H and O–H groups in total. The smallest absolute Gasteiger partial charge is 0.138 e. The monoisotopic (exact) mass is 207 g/mol. The van der Waals surface area contributed by atoms with Crippen molar-refractivity contribution in [3.05, 3.63) is 42.2 Å². The van der Waals surface area contributed by atoms with Crippen molar-refractivity contribution in [2.75, 3.05) is 0 Å².